The summed E-state index contributed by atoms with van der Waals surface area (Å²) in [7, 11) is 0. The van der Waals surface area contributed by atoms with E-state index in [1.54, 1.807) is 0 Å². The third-order valence-electron chi connectivity index (χ3n) is 3.74. The Hall–Kier alpha value is -1.62. The number of pyridine rings is 1. The van der Waals surface area contributed by atoms with Crippen molar-refractivity contribution in [1.29, 1.82) is 0 Å². The van der Waals surface area contributed by atoms with Gasteiger partial charge in [-0.15, -0.1) is 5.10 Å². The van der Waals surface area contributed by atoms with Crippen molar-refractivity contribution in [3.05, 3.63) is 24.4 Å². The number of fused-ring (bicyclic) bond motifs is 1. The molecule has 2 N–H and O–H groups in total. The molecular weight excluding hydrogens is 226 g/mol. The number of aromatic nitrogens is 3. The first-order valence-electron chi connectivity index (χ1n) is 6.56. The molecule has 18 heavy (non-hydrogen) atoms. The number of hydrogen-bond acceptors (Lipinski definition) is 4. The number of nitrogens with zero attached hydrogens (tertiary/aromatic N) is 4. The third kappa shape index (κ3) is 1.95. The summed E-state index contributed by atoms with van der Waals surface area (Å²) in [6.45, 7) is 3.96. The Balaban J connectivity index is 1.92. The van der Waals surface area contributed by atoms with E-state index >= 15 is 0 Å². The summed E-state index contributed by atoms with van der Waals surface area (Å²) in [6.07, 6.45) is 4.24. The standard InChI is InChI=1S/C13H19N5/c1-10-5-7-17(11(8-10)9-14)13-15-12-4-2-3-6-18(12)16-13/h2-4,6,10-11H,5,7-9,14H2,1H3. The Labute approximate surface area is 107 Å². The van der Waals surface area contributed by atoms with Gasteiger partial charge in [-0.2, -0.15) is 4.98 Å². The van der Waals surface area contributed by atoms with Gasteiger partial charge < -0.3 is 10.6 Å². The van der Waals surface area contributed by atoms with Gasteiger partial charge >= 0.3 is 0 Å². The van der Waals surface area contributed by atoms with Crippen molar-refractivity contribution in [3.63, 3.8) is 0 Å². The zero-order valence-electron chi connectivity index (χ0n) is 10.7. The van der Waals surface area contributed by atoms with Crippen molar-refractivity contribution in [2.45, 2.75) is 25.8 Å². The van der Waals surface area contributed by atoms with Gasteiger partial charge in [0.25, 0.3) is 0 Å². The molecule has 0 aromatic carbocycles. The molecule has 3 heterocycles. The van der Waals surface area contributed by atoms with Crippen molar-refractivity contribution < 1.29 is 0 Å². The van der Waals surface area contributed by atoms with Gasteiger partial charge in [-0.05, 0) is 30.9 Å². The van der Waals surface area contributed by atoms with Crippen molar-refractivity contribution >= 4 is 11.6 Å². The first-order valence-corrected chi connectivity index (χ1v) is 6.56. The second-order valence-corrected chi connectivity index (χ2v) is 5.13. The van der Waals surface area contributed by atoms with E-state index in [2.05, 4.69) is 21.9 Å². The van der Waals surface area contributed by atoms with Crippen LogP contribution < -0.4 is 10.6 Å². The molecule has 0 saturated carbocycles. The van der Waals surface area contributed by atoms with Gasteiger partial charge in [-0.3, -0.25) is 0 Å². The number of anilines is 1. The molecule has 1 saturated heterocycles. The average molecular weight is 245 g/mol. The van der Waals surface area contributed by atoms with Crippen LogP contribution in [0.25, 0.3) is 5.65 Å². The molecule has 2 aromatic rings. The molecule has 0 spiro atoms. The molecule has 3 rings (SSSR count). The lowest BCUT2D eigenvalue weighted by Crippen LogP contribution is -2.46. The van der Waals surface area contributed by atoms with Crippen molar-refractivity contribution in [1.82, 2.24) is 14.6 Å². The number of rotatable bonds is 2. The average Bonchev–Trinajstić information content (AvgIpc) is 2.82. The largest absolute Gasteiger partial charge is 0.335 e. The molecule has 5 heteroatoms. The summed E-state index contributed by atoms with van der Waals surface area (Å²) in [5.41, 5.74) is 6.77. The number of hydrogen-bond donors (Lipinski definition) is 1. The van der Waals surface area contributed by atoms with Crippen LogP contribution in [0.2, 0.25) is 0 Å². The van der Waals surface area contributed by atoms with Crippen LogP contribution >= 0.6 is 0 Å². The summed E-state index contributed by atoms with van der Waals surface area (Å²) >= 11 is 0. The molecule has 0 bridgehead atoms. The minimum absolute atomic E-state index is 0.367. The lowest BCUT2D eigenvalue weighted by atomic mass is 9.93. The number of piperidine rings is 1. The van der Waals surface area contributed by atoms with E-state index in [1.807, 2.05) is 28.9 Å². The predicted molar refractivity (Wildman–Crippen MR) is 71.6 cm³/mol. The van der Waals surface area contributed by atoms with E-state index in [1.165, 1.54) is 6.42 Å². The van der Waals surface area contributed by atoms with Gasteiger partial charge in [0.1, 0.15) is 0 Å². The Bertz CT molecular complexity index is 502. The maximum Gasteiger partial charge on any atom is 0.245 e. The van der Waals surface area contributed by atoms with Crippen LogP contribution in [0.4, 0.5) is 5.95 Å². The van der Waals surface area contributed by atoms with Crippen LogP contribution in [-0.4, -0.2) is 33.7 Å². The first kappa shape index (κ1) is 11.5. The molecule has 2 atom stereocenters. The SMILES string of the molecule is CC1CCN(c2nc3ccccn3n2)C(CN)C1. The van der Waals surface area contributed by atoms with Crippen LogP contribution in [0.3, 0.4) is 0 Å². The van der Waals surface area contributed by atoms with Crippen molar-refractivity contribution in [2.75, 3.05) is 18.0 Å². The molecule has 5 nitrogen and oxygen atoms in total. The van der Waals surface area contributed by atoms with Gasteiger partial charge in [-0.1, -0.05) is 13.0 Å². The molecule has 2 unspecified atom stereocenters. The van der Waals surface area contributed by atoms with Crippen molar-refractivity contribution in [2.24, 2.45) is 11.7 Å². The number of nitrogens with two attached hydrogens (primary N) is 1. The lowest BCUT2D eigenvalue weighted by molar-refractivity contribution is 0.363. The van der Waals surface area contributed by atoms with Crippen LogP contribution in [0.15, 0.2) is 24.4 Å². The van der Waals surface area contributed by atoms with E-state index < -0.39 is 0 Å². The Morgan fingerprint density at radius 2 is 2.33 bits per heavy atom. The fourth-order valence-electron chi connectivity index (χ4n) is 2.68. The van der Waals surface area contributed by atoms with E-state index in [0.29, 0.717) is 12.6 Å². The van der Waals surface area contributed by atoms with Gasteiger partial charge in [0.05, 0.1) is 0 Å². The summed E-state index contributed by atoms with van der Waals surface area (Å²) in [4.78, 5) is 6.84. The fraction of sp³-hybridized carbons (Fsp3) is 0.538. The molecule has 0 radical (unpaired) electrons. The Morgan fingerprint density at radius 1 is 1.44 bits per heavy atom. The maximum absolute atomic E-state index is 5.88. The Morgan fingerprint density at radius 3 is 3.11 bits per heavy atom. The molecule has 2 aromatic heterocycles. The minimum atomic E-state index is 0.367. The third-order valence-corrected chi connectivity index (χ3v) is 3.74. The smallest absolute Gasteiger partial charge is 0.245 e. The van der Waals surface area contributed by atoms with Gasteiger partial charge in [-0.25, -0.2) is 4.52 Å². The maximum atomic E-state index is 5.88. The highest BCUT2D eigenvalue weighted by Crippen LogP contribution is 2.25. The predicted octanol–water partition coefficient (Wildman–Crippen LogP) is 1.29. The molecule has 96 valence electrons. The highest BCUT2D eigenvalue weighted by Gasteiger charge is 2.27. The molecule has 0 aliphatic carbocycles. The molecule has 1 aliphatic rings. The lowest BCUT2D eigenvalue weighted by Gasteiger charge is -2.37. The van der Waals surface area contributed by atoms with E-state index in [4.69, 9.17) is 5.73 Å². The van der Waals surface area contributed by atoms with E-state index in [9.17, 15) is 0 Å². The minimum Gasteiger partial charge on any atom is -0.335 e. The molecular formula is C13H19N5. The van der Waals surface area contributed by atoms with Gasteiger partial charge in [0.2, 0.25) is 5.95 Å². The quantitative estimate of drug-likeness (QED) is 0.866. The summed E-state index contributed by atoms with van der Waals surface area (Å²) in [5, 5.41) is 4.54. The van der Waals surface area contributed by atoms with Crippen LogP contribution in [0, 0.1) is 5.92 Å². The van der Waals surface area contributed by atoms with E-state index in [-0.39, 0.29) is 0 Å². The molecule has 1 aliphatic heterocycles. The fourth-order valence-corrected chi connectivity index (χ4v) is 2.68. The zero-order chi connectivity index (χ0) is 12.5. The second-order valence-electron chi connectivity index (χ2n) is 5.13. The highest BCUT2D eigenvalue weighted by molar-refractivity contribution is 5.45. The highest BCUT2D eigenvalue weighted by atomic mass is 15.4. The zero-order valence-corrected chi connectivity index (χ0v) is 10.7. The monoisotopic (exact) mass is 245 g/mol. The van der Waals surface area contributed by atoms with Crippen molar-refractivity contribution in [3.8, 4) is 0 Å². The molecule has 0 amide bonds. The van der Waals surface area contributed by atoms with Crippen LogP contribution in [-0.2, 0) is 0 Å². The molecule has 1 fully saturated rings. The van der Waals surface area contributed by atoms with Crippen LogP contribution in [0.5, 0.6) is 0 Å². The topological polar surface area (TPSA) is 59.5 Å². The summed E-state index contributed by atoms with van der Waals surface area (Å²) in [5.74, 6) is 1.55. The summed E-state index contributed by atoms with van der Waals surface area (Å²) < 4.78 is 1.82. The Kier molecular flexibility index (Phi) is 2.91. The second kappa shape index (κ2) is 4.57. The van der Waals surface area contributed by atoms with E-state index in [0.717, 1.165) is 30.5 Å². The summed E-state index contributed by atoms with van der Waals surface area (Å²) in [6, 6.07) is 6.28. The normalized spacial score (nSPS) is 24.7. The first-order chi connectivity index (χ1) is 8.78. The van der Waals surface area contributed by atoms with Gasteiger partial charge in [0, 0.05) is 25.3 Å². The van der Waals surface area contributed by atoms with Crippen LogP contribution in [0.1, 0.15) is 19.8 Å². The van der Waals surface area contributed by atoms with Gasteiger partial charge in [0.15, 0.2) is 5.65 Å².